The third-order valence-corrected chi connectivity index (χ3v) is 18.1. The Kier molecular flexibility index (Phi) is 30.9. The van der Waals surface area contributed by atoms with Crippen molar-refractivity contribution in [2.45, 2.75) is 308 Å². The van der Waals surface area contributed by atoms with Gasteiger partial charge in [0.1, 0.15) is 46.0 Å². The van der Waals surface area contributed by atoms with Crippen LogP contribution >= 0.6 is 0 Å². The first-order chi connectivity index (χ1) is 38.9. The van der Waals surface area contributed by atoms with Gasteiger partial charge in [-0.1, -0.05) is 259 Å². The molecule has 0 saturated heterocycles. The maximum absolute atomic E-state index is 12.1. The summed E-state index contributed by atoms with van der Waals surface area (Å²) < 4.78 is 0. The SMILES string of the molecule is CCCCCCCCCCC[C@H]1c2cc(c(O)cc2O)[C@@H](CCCCCCCCCCC)c2cc(c(O)cc2O)[C@@H](CCCCCCCCCCC)c2cc(c(O)cc2O)[C@@H](CCCCCCCCCCC)c2cc1c(O)cc2O. The molecular formula is C72H112O8. The van der Waals surface area contributed by atoms with Crippen molar-refractivity contribution in [3.05, 3.63) is 93.0 Å². The summed E-state index contributed by atoms with van der Waals surface area (Å²) in [6.45, 7) is 8.95. The predicted octanol–water partition coefficient (Wildman–Crippen LogP) is 21.9. The summed E-state index contributed by atoms with van der Waals surface area (Å²) in [6, 6.07) is 13.3. The second kappa shape index (κ2) is 37.4. The number of hydrogen-bond acceptors (Lipinski definition) is 8. The molecule has 80 heavy (non-hydrogen) atoms. The van der Waals surface area contributed by atoms with Crippen LogP contribution in [0.25, 0.3) is 0 Å². The van der Waals surface area contributed by atoms with E-state index in [4.69, 9.17) is 0 Å². The van der Waals surface area contributed by atoms with Gasteiger partial charge < -0.3 is 40.9 Å². The van der Waals surface area contributed by atoms with Crippen LogP contribution in [0.5, 0.6) is 46.0 Å². The predicted molar refractivity (Wildman–Crippen MR) is 334 cm³/mol. The van der Waals surface area contributed by atoms with E-state index in [1.54, 1.807) is 0 Å². The maximum Gasteiger partial charge on any atom is 0.123 e. The van der Waals surface area contributed by atoms with Crippen LogP contribution in [0.2, 0.25) is 0 Å². The van der Waals surface area contributed by atoms with E-state index in [0.717, 1.165) is 103 Å². The van der Waals surface area contributed by atoms with Crippen molar-refractivity contribution in [1.82, 2.24) is 0 Å². The van der Waals surface area contributed by atoms with Crippen molar-refractivity contribution in [3.8, 4) is 46.0 Å². The lowest BCUT2D eigenvalue weighted by atomic mass is 9.76. The number of hydrogen-bond donors (Lipinski definition) is 8. The first-order valence-electron chi connectivity index (χ1n) is 33.2. The molecule has 0 saturated carbocycles. The molecule has 0 amide bonds. The highest BCUT2D eigenvalue weighted by Crippen LogP contribution is 2.52. The third-order valence-electron chi connectivity index (χ3n) is 18.1. The Hall–Kier alpha value is -4.72. The van der Waals surface area contributed by atoms with Crippen LogP contribution in [-0.2, 0) is 0 Å². The fourth-order valence-corrected chi connectivity index (χ4v) is 13.2. The quantitative estimate of drug-likeness (QED) is 0.0204. The molecule has 4 aromatic carbocycles. The molecule has 0 fully saturated rings. The molecule has 5 rings (SSSR count). The highest BCUT2D eigenvalue weighted by Gasteiger charge is 2.33. The number of benzene rings is 4. The Morgan fingerprint density at radius 2 is 0.312 bits per heavy atom. The molecular weight excluding hydrogens is 993 g/mol. The summed E-state index contributed by atoms with van der Waals surface area (Å²) >= 11 is 0. The fraction of sp³-hybridized carbons (Fsp3) is 0.667. The topological polar surface area (TPSA) is 162 Å². The van der Waals surface area contributed by atoms with E-state index in [9.17, 15) is 40.9 Å². The van der Waals surface area contributed by atoms with Crippen molar-refractivity contribution in [2.75, 3.05) is 0 Å². The standard InChI is InChI=1S/C72H112O8/c1-5-9-13-17-21-25-29-33-37-41-53-57-45-59(67(75)49-65(57)73)54(42-38-34-30-26-22-18-14-10-6-2)61-47-63(71(79)51-69(61)77)56(44-40-36-32-28-24-20-16-12-8-4)64-48-62(70(78)52-72(64)80)55(60-46-58(53)66(74)50-68(60)76)43-39-35-31-27-23-19-15-11-7-3/h45-56,73-80H,5-44H2,1-4H3/t53-,54+,55-,56+. The Morgan fingerprint density at radius 3 is 0.450 bits per heavy atom. The minimum absolute atomic E-state index is 0.0900. The summed E-state index contributed by atoms with van der Waals surface area (Å²) in [4.78, 5) is 0. The summed E-state index contributed by atoms with van der Waals surface area (Å²) in [5, 5.41) is 97.1. The Labute approximate surface area is 485 Å². The molecule has 0 aliphatic heterocycles. The van der Waals surface area contributed by atoms with Gasteiger partial charge in [-0.25, -0.2) is 0 Å². The van der Waals surface area contributed by atoms with Gasteiger partial charge in [0.25, 0.3) is 0 Å². The Balaban J connectivity index is 1.69. The van der Waals surface area contributed by atoms with E-state index in [1.807, 2.05) is 24.3 Å². The lowest BCUT2D eigenvalue weighted by molar-refractivity contribution is 0.418. The average Bonchev–Trinajstić information content (AvgIpc) is 3.53. The fourth-order valence-electron chi connectivity index (χ4n) is 13.2. The van der Waals surface area contributed by atoms with Crippen LogP contribution in [0.3, 0.4) is 0 Å². The Bertz CT molecular complexity index is 1930. The van der Waals surface area contributed by atoms with Crippen LogP contribution in [0.1, 0.15) is 353 Å². The molecule has 0 radical (unpaired) electrons. The first kappa shape index (κ1) is 66.1. The van der Waals surface area contributed by atoms with Gasteiger partial charge in [-0.05, 0) is 49.9 Å². The molecule has 4 aromatic rings. The van der Waals surface area contributed by atoms with Gasteiger partial charge in [-0.2, -0.15) is 0 Å². The number of phenols is 8. The molecule has 0 aromatic heterocycles. The van der Waals surface area contributed by atoms with Crippen molar-refractivity contribution in [1.29, 1.82) is 0 Å². The summed E-state index contributed by atoms with van der Waals surface area (Å²) in [5.41, 5.74) is 4.45. The maximum atomic E-state index is 12.1. The molecule has 0 heterocycles. The minimum atomic E-state index is -0.540. The molecule has 0 atom stereocenters. The van der Waals surface area contributed by atoms with E-state index in [0.29, 0.717) is 70.2 Å². The van der Waals surface area contributed by atoms with E-state index in [1.165, 1.54) is 153 Å². The smallest absolute Gasteiger partial charge is 0.123 e. The zero-order valence-corrected chi connectivity index (χ0v) is 50.8. The first-order valence-corrected chi connectivity index (χ1v) is 33.2. The molecule has 1 aliphatic carbocycles. The van der Waals surface area contributed by atoms with Crippen LogP contribution < -0.4 is 0 Å². The number of fused-ring (bicyclic) bond motifs is 8. The van der Waals surface area contributed by atoms with Crippen LogP contribution in [0.4, 0.5) is 0 Å². The van der Waals surface area contributed by atoms with Crippen molar-refractivity contribution in [2.24, 2.45) is 0 Å². The van der Waals surface area contributed by atoms with Gasteiger partial charge in [0, 0.05) is 92.4 Å². The number of rotatable bonds is 40. The minimum Gasteiger partial charge on any atom is -0.508 e. The summed E-state index contributed by atoms with van der Waals surface area (Å²) in [7, 11) is 0. The van der Waals surface area contributed by atoms with Crippen LogP contribution in [-0.4, -0.2) is 40.9 Å². The van der Waals surface area contributed by atoms with Crippen LogP contribution in [0.15, 0.2) is 48.5 Å². The number of aromatic hydroxyl groups is 8. The normalized spacial score (nSPS) is 16.1. The highest BCUT2D eigenvalue weighted by atomic mass is 16.3. The third kappa shape index (κ3) is 20.9. The lowest BCUT2D eigenvalue weighted by Gasteiger charge is -2.29. The monoisotopic (exact) mass is 1100 g/mol. The van der Waals surface area contributed by atoms with Gasteiger partial charge in [0.2, 0.25) is 0 Å². The zero-order chi connectivity index (χ0) is 57.5. The molecule has 8 nitrogen and oxygen atoms in total. The van der Waals surface area contributed by atoms with Gasteiger partial charge >= 0.3 is 0 Å². The molecule has 1 aliphatic rings. The van der Waals surface area contributed by atoms with Gasteiger partial charge in [-0.3, -0.25) is 0 Å². The molecule has 0 spiro atoms. The lowest BCUT2D eigenvalue weighted by Crippen LogP contribution is -2.11. The summed E-state index contributed by atoms with van der Waals surface area (Å²) in [5.74, 6) is -2.88. The number of unbranched alkanes of at least 4 members (excludes halogenated alkanes) is 32. The van der Waals surface area contributed by atoms with E-state index in [-0.39, 0.29) is 46.0 Å². The van der Waals surface area contributed by atoms with Crippen LogP contribution in [0, 0.1) is 0 Å². The summed E-state index contributed by atoms with van der Waals surface area (Å²) in [6.07, 6.45) is 43.1. The van der Waals surface area contributed by atoms with E-state index in [2.05, 4.69) is 27.7 Å². The number of phenolic OH excluding ortho intramolecular Hbond substituents is 8. The second-order valence-electron chi connectivity index (χ2n) is 24.6. The highest BCUT2D eigenvalue weighted by molar-refractivity contribution is 5.62. The molecule has 0 unspecified atom stereocenters. The molecule has 8 bridgehead atoms. The van der Waals surface area contributed by atoms with E-state index >= 15 is 0 Å². The van der Waals surface area contributed by atoms with E-state index < -0.39 is 23.7 Å². The van der Waals surface area contributed by atoms with Crippen molar-refractivity contribution >= 4 is 0 Å². The van der Waals surface area contributed by atoms with Gasteiger partial charge in [0.15, 0.2) is 0 Å². The zero-order valence-electron chi connectivity index (χ0n) is 50.8. The second-order valence-corrected chi connectivity index (χ2v) is 24.6. The molecule has 448 valence electrons. The van der Waals surface area contributed by atoms with Crippen molar-refractivity contribution in [3.63, 3.8) is 0 Å². The van der Waals surface area contributed by atoms with Gasteiger partial charge in [-0.15, -0.1) is 0 Å². The molecule has 8 heteroatoms. The molecule has 8 N–H and O–H groups in total. The average molecular weight is 1110 g/mol. The Morgan fingerprint density at radius 1 is 0.188 bits per heavy atom. The van der Waals surface area contributed by atoms with Gasteiger partial charge in [0.05, 0.1) is 0 Å². The largest absolute Gasteiger partial charge is 0.508 e. The van der Waals surface area contributed by atoms with Crippen molar-refractivity contribution < 1.29 is 40.9 Å².